The number of piperidine rings is 1. The van der Waals surface area contributed by atoms with Gasteiger partial charge < -0.3 is 18.3 Å². The minimum Gasteiger partial charge on any atom is -0.488 e. The Bertz CT molecular complexity index is 1390. The molecule has 0 saturated carbocycles. The van der Waals surface area contributed by atoms with Gasteiger partial charge in [-0.3, -0.25) is 15.7 Å². The number of hydrogen-bond donors (Lipinski definition) is 2. The van der Waals surface area contributed by atoms with Crippen LogP contribution in [0.3, 0.4) is 0 Å². The lowest BCUT2D eigenvalue weighted by Crippen LogP contribution is -2.35. The fourth-order valence-electron chi connectivity index (χ4n) is 4.67. The smallest absolute Gasteiger partial charge is 0.256 e. The van der Waals surface area contributed by atoms with Gasteiger partial charge in [0.1, 0.15) is 23.5 Å². The predicted octanol–water partition coefficient (Wildman–Crippen LogP) is 6.33. The van der Waals surface area contributed by atoms with Crippen LogP contribution < -0.4 is 4.74 Å². The monoisotopic (exact) mass is 471 g/mol. The molecule has 0 spiro atoms. The first kappa shape index (κ1) is 22.9. The van der Waals surface area contributed by atoms with Crippen molar-refractivity contribution in [1.29, 1.82) is 10.8 Å². The van der Waals surface area contributed by atoms with Gasteiger partial charge in [0.15, 0.2) is 11.7 Å². The number of hydrogen-bond acceptors (Lipinski definition) is 7. The molecule has 2 aromatic carbocycles. The zero-order valence-corrected chi connectivity index (χ0v) is 19.8. The summed E-state index contributed by atoms with van der Waals surface area (Å²) >= 11 is 0. The fourth-order valence-corrected chi connectivity index (χ4v) is 4.67. The van der Waals surface area contributed by atoms with Crippen molar-refractivity contribution in [2.75, 3.05) is 26.2 Å². The summed E-state index contributed by atoms with van der Waals surface area (Å²) in [5.74, 6) is 1.22. The molecule has 180 valence electrons. The molecule has 0 aliphatic carbocycles. The third-order valence-corrected chi connectivity index (χ3v) is 6.42. The molecule has 1 saturated heterocycles. The second kappa shape index (κ2) is 9.80. The van der Waals surface area contributed by atoms with Gasteiger partial charge in [0, 0.05) is 24.9 Å². The Morgan fingerprint density at radius 3 is 2.71 bits per heavy atom. The van der Waals surface area contributed by atoms with Crippen LogP contribution in [0, 0.1) is 10.8 Å². The molecule has 5 rings (SSSR count). The molecule has 4 aromatic rings. The van der Waals surface area contributed by atoms with Gasteiger partial charge in [0.05, 0.1) is 11.6 Å². The summed E-state index contributed by atoms with van der Waals surface area (Å²) in [6.07, 6.45) is 3.97. The molecule has 1 aliphatic heterocycles. The molecular formula is C28H29N3O4. The molecule has 2 aromatic heterocycles. The summed E-state index contributed by atoms with van der Waals surface area (Å²) in [5, 5.41) is 17.3. The maximum atomic E-state index is 7.95. The Labute approximate surface area is 203 Å². The molecule has 3 heterocycles. The van der Waals surface area contributed by atoms with Crippen molar-refractivity contribution in [2.45, 2.75) is 25.7 Å². The zero-order chi connectivity index (χ0) is 24.4. The van der Waals surface area contributed by atoms with Gasteiger partial charge in [-0.2, -0.15) is 0 Å². The SMILES string of the molecule is C=C(COc1cccc2oc(C(=N)OC(C)=N)cc12)CN1CCC(c2ccc3ccoc3c2)CC1. The number of furan rings is 2. The van der Waals surface area contributed by atoms with E-state index in [9.17, 15) is 0 Å². The lowest BCUT2D eigenvalue weighted by molar-refractivity contribution is 0.220. The Hall–Kier alpha value is -3.84. The van der Waals surface area contributed by atoms with Crippen LogP contribution in [-0.4, -0.2) is 42.9 Å². The Morgan fingerprint density at radius 2 is 1.91 bits per heavy atom. The van der Waals surface area contributed by atoms with Crippen molar-refractivity contribution in [1.82, 2.24) is 4.90 Å². The fraction of sp³-hybridized carbons (Fsp3) is 0.286. The first-order valence-electron chi connectivity index (χ1n) is 11.8. The molecule has 7 heteroatoms. The van der Waals surface area contributed by atoms with Gasteiger partial charge >= 0.3 is 0 Å². The van der Waals surface area contributed by atoms with Crippen molar-refractivity contribution in [2.24, 2.45) is 0 Å². The second-order valence-electron chi connectivity index (χ2n) is 9.07. The van der Waals surface area contributed by atoms with E-state index >= 15 is 0 Å². The van der Waals surface area contributed by atoms with Crippen LogP contribution in [-0.2, 0) is 4.74 Å². The van der Waals surface area contributed by atoms with Crippen molar-refractivity contribution >= 4 is 33.7 Å². The Morgan fingerprint density at radius 1 is 1.09 bits per heavy atom. The van der Waals surface area contributed by atoms with Crippen molar-refractivity contribution < 1.29 is 18.3 Å². The van der Waals surface area contributed by atoms with Crippen LogP contribution >= 0.6 is 0 Å². The molecule has 2 N–H and O–H groups in total. The highest BCUT2D eigenvalue weighted by molar-refractivity contribution is 6.00. The number of rotatable bonds is 7. The molecule has 35 heavy (non-hydrogen) atoms. The summed E-state index contributed by atoms with van der Waals surface area (Å²) < 4.78 is 22.4. The van der Waals surface area contributed by atoms with E-state index in [2.05, 4.69) is 29.7 Å². The lowest BCUT2D eigenvalue weighted by Gasteiger charge is -2.32. The third-order valence-electron chi connectivity index (χ3n) is 6.42. The van der Waals surface area contributed by atoms with Gasteiger partial charge in [-0.05, 0) is 67.3 Å². The average molecular weight is 472 g/mol. The van der Waals surface area contributed by atoms with E-state index in [1.807, 2.05) is 24.3 Å². The van der Waals surface area contributed by atoms with Crippen LogP contribution in [0.15, 0.2) is 75.8 Å². The zero-order valence-electron chi connectivity index (χ0n) is 19.8. The van der Waals surface area contributed by atoms with E-state index < -0.39 is 0 Å². The summed E-state index contributed by atoms with van der Waals surface area (Å²) in [5.41, 5.74) is 3.94. The lowest BCUT2D eigenvalue weighted by atomic mass is 9.89. The molecule has 0 amide bonds. The molecular weight excluding hydrogens is 442 g/mol. The van der Waals surface area contributed by atoms with Gasteiger partial charge in [-0.1, -0.05) is 24.8 Å². The van der Waals surface area contributed by atoms with Crippen LogP contribution in [0.5, 0.6) is 5.75 Å². The minimum atomic E-state index is -0.198. The largest absolute Gasteiger partial charge is 0.488 e. The summed E-state index contributed by atoms with van der Waals surface area (Å²) in [6.45, 7) is 8.96. The summed E-state index contributed by atoms with van der Waals surface area (Å²) in [4.78, 5) is 2.43. The van der Waals surface area contributed by atoms with Gasteiger partial charge in [-0.25, -0.2) is 0 Å². The quantitative estimate of drug-likeness (QED) is 0.186. The number of nitrogens with one attached hydrogen (secondary N) is 2. The van der Waals surface area contributed by atoms with E-state index in [0.717, 1.165) is 54.4 Å². The van der Waals surface area contributed by atoms with Crippen LogP contribution in [0.1, 0.15) is 37.0 Å². The number of likely N-dealkylation sites (tertiary alicyclic amines) is 1. The van der Waals surface area contributed by atoms with E-state index in [-0.39, 0.29) is 17.6 Å². The maximum Gasteiger partial charge on any atom is 0.256 e. The van der Waals surface area contributed by atoms with Crippen molar-refractivity contribution in [3.63, 3.8) is 0 Å². The van der Waals surface area contributed by atoms with Gasteiger partial charge in [-0.15, -0.1) is 0 Å². The molecule has 0 bridgehead atoms. The summed E-state index contributed by atoms with van der Waals surface area (Å²) in [7, 11) is 0. The molecule has 1 fully saturated rings. The Kier molecular flexibility index (Phi) is 6.42. The van der Waals surface area contributed by atoms with E-state index in [1.165, 1.54) is 12.5 Å². The number of nitrogens with zero attached hydrogens (tertiary/aromatic N) is 1. The first-order chi connectivity index (χ1) is 17.0. The highest BCUT2D eigenvalue weighted by atomic mass is 16.5. The van der Waals surface area contributed by atoms with E-state index in [0.29, 0.717) is 23.9 Å². The average Bonchev–Trinajstić information content (AvgIpc) is 3.49. The standard InChI is InChI=1S/C28H29N3O4/c1-18(16-31-11-8-20(9-12-31)22-7-6-21-10-13-32-26(21)14-22)17-33-24-4-3-5-25-23(24)15-27(35-25)28(30)34-19(2)29/h3-7,10,13-15,20,29-30H,1,8-9,11-12,16-17H2,2H3. The second-order valence-corrected chi connectivity index (χ2v) is 9.07. The Balaban J connectivity index is 1.14. The van der Waals surface area contributed by atoms with Gasteiger partial charge in [0.2, 0.25) is 0 Å². The highest BCUT2D eigenvalue weighted by Gasteiger charge is 2.22. The maximum absolute atomic E-state index is 7.95. The molecule has 1 aliphatic rings. The van der Waals surface area contributed by atoms with Gasteiger partial charge in [0.25, 0.3) is 5.90 Å². The van der Waals surface area contributed by atoms with E-state index in [4.69, 9.17) is 29.1 Å². The summed E-state index contributed by atoms with van der Waals surface area (Å²) in [6, 6.07) is 15.8. The third kappa shape index (κ3) is 5.15. The highest BCUT2D eigenvalue weighted by Crippen LogP contribution is 2.32. The van der Waals surface area contributed by atoms with Crippen molar-refractivity contribution in [3.05, 3.63) is 78.3 Å². The number of benzene rings is 2. The molecule has 0 atom stereocenters. The van der Waals surface area contributed by atoms with Crippen LogP contribution in [0.2, 0.25) is 0 Å². The normalized spacial score (nSPS) is 14.9. The minimum absolute atomic E-state index is 0.0640. The number of ether oxygens (including phenoxy) is 2. The first-order valence-corrected chi connectivity index (χ1v) is 11.8. The van der Waals surface area contributed by atoms with E-state index in [1.54, 1.807) is 12.3 Å². The molecule has 0 unspecified atom stereocenters. The number of fused-ring (bicyclic) bond motifs is 2. The van der Waals surface area contributed by atoms with Crippen molar-refractivity contribution in [3.8, 4) is 5.75 Å². The van der Waals surface area contributed by atoms with Crippen LogP contribution in [0.4, 0.5) is 0 Å². The molecule has 7 nitrogen and oxygen atoms in total. The molecule has 0 radical (unpaired) electrons. The van der Waals surface area contributed by atoms with Crippen LogP contribution in [0.25, 0.3) is 21.9 Å². The topological polar surface area (TPSA) is 95.7 Å². The predicted molar refractivity (Wildman–Crippen MR) is 137 cm³/mol.